The molecule has 1 aromatic heterocycles. The monoisotopic (exact) mass is 246 g/mol. The Balaban J connectivity index is 2.20. The minimum atomic E-state index is 0.204. The highest BCUT2D eigenvalue weighted by Crippen LogP contribution is 2.31. The Morgan fingerprint density at radius 1 is 1.28 bits per heavy atom. The minimum absolute atomic E-state index is 0.204. The molecule has 0 saturated heterocycles. The zero-order valence-electron chi connectivity index (χ0n) is 11.6. The molecule has 0 aliphatic heterocycles. The number of carbonyl (C=O) groups excluding carboxylic acids is 1. The van der Waals surface area contributed by atoms with E-state index < -0.39 is 0 Å². The van der Waals surface area contributed by atoms with Crippen LogP contribution in [0.4, 0.5) is 0 Å². The number of carbonyl (C=O) groups is 1. The quantitative estimate of drug-likeness (QED) is 0.768. The molecule has 2 rings (SSSR count). The second-order valence-electron chi connectivity index (χ2n) is 5.52. The van der Waals surface area contributed by atoms with Gasteiger partial charge in [0.15, 0.2) is 5.78 Å². The van der Waals surface area contributed by atoms with Crippen molar-refractivity contribution in [3.05, 3.63) is 23.0 Å². The molecule has 1 heterocycles. The molecular weight excluding hydrogens is 224 g/mol. The van der Waals surface area contributed by atoms with Crippen molar-refractivity contribution < 1.29 is 4.79 Å². The van der Waals surface area contributed by atoms with E-state index in [1.807, 2.05) is 19.9 Å². The molecule has 0 N–H and O–H groups in total. The fraction of sp³-hybridized carbons (Fsp3) is 0.667. The van der Waals surface area contributed by atoms with Crippen LogP contribution < -0.4 is 0 Å². The normalized spacial score (nSPS) is 23.9. The number of aromatic nitrogens is 2. The number of hydrogen-bond acceptors (Lipinski definition) is 3. The summed E-state index contributed by atoms with van der Waals surface area (Å²) in [5.41, 5.74) is 2.49. The molecule has 1 aliphatic rings. The number of ketones is 1. The summed E-state index contributed by atoms with van der Waals surface area (Å²) in [5, 5.41) is 8.20. The highest BCUT2D eigenvalue weighted by atomic mass is 16.1. The lowest BCUT2D eigenvalue weighted by molar-refractivity contribution is 0.0874. The molecule has 1 aromatic rings. The lowest BCUT2D eigenvalue weighted by atomic mass is 9.79. The molecule has 3 heteroatoms. The zero-order chi connectivity index (χ0) is 13.1. The third-order valence-corrected chi connectivity index (χ3v) is 3.98. The van der Waals surface area contributed by atoms with Gasteiger partial charge in [-0.15, -0.1) is 0 Å². The van der Waals surface area contributed by atoms with Crippen LogP contribution in [0.3, 0.4) is 0 Å². The minimum Gasteiger partial charge on any atom is -0.294 e. The lowest BCUT2D eigenvalue weighted by Gasteiger charge is -2.25. The van der Waals surface area contributed by atoms with E-state index in [1.54, 1.807) is 0 Å². The maximum atomic E-state index is 12.6. The highest BCUT2D eigenvalue weighted by molar-refractivity contribution is 5.98. The largest absolute Gasteiger partial charge is 0.294 e. The number of hydrogen-bond donors (Lipinski definition) is 0. The summed E-state index contributed by atoms with van der Waals surface area (Å²) < 4.78 is 0. The Bertz CT molecular complexity index is 434. The fourth-order valence-corrected chi connectivity index (χ4v) is 2.73. The fourth-order valence-electron chi connectivity index (χ4n) is 2.73. The zero-order valence-corrected chi connectivity index (χ0v) is 11.6. The van der Waals surface area contributed by atoms with Crippen LogP contribution in [0.5, 0.6) is 0 Å². The predicted octanol–water partition coefficient (Wildman–Crippen LogP) is 3.36. The van der Waals surface area contributed by atoms with Crippen molar-refractivity contribution in [3.8, 4) is 0 Å². The molecular formula is C15H22N2O. The van der Waals surface area contributed by atoms with Gasteiger partial charge in [-0.05, 0) is 38.2 Å². The van der Waals surface area contributed by atoms with Crippen molar-refractivity contribution in [2.24, 2.45) is 11.8 Å². The standard InChI is InChI=1S/C15H22N2O/c1-4-14-13(9-11(3)16-17-14)15(18)12-7-5-10(2)6-8-12/h9-10,12H,4-8H2,1-3H3. The van der Waals surface area contributed by atoms with Crippen molar-refractivity contribution >= 4 is 5.78 Å². The summed E-state index contributed by atoms with van der Waals surface area (Å²) in [6.07, 6.45) is 5.19. The molecule has 0 atom stereocenters. The van der Waals surface area contributed by atoms with Gasteiger partial charge in [0.2, 0.25) is 0 Å². The number of aryl methyl sites for hydroxylation is 2. The third-order valence-electron chi connectivity index (χ3n) is 3.98. The van der Waals surface area contributed by atoms with Gasteiger partial charge in [0.1, 0.15) is 0 Å². The van der Waals surface area contributed by atoms with E-state index in [2.05, 4.69) is 17.1 Å². The molecule has 3 nitrogen and oxygen atoms in total. The first-order valence-corrected chi connectivity index (χ1v) is 6.99. The summed E-state index contributed by atoms with van der Waals surface area (Å²) in [5.74, 6) is 1.27. The highest BCUT2D eigenvalue weighted by Gasteiger charge is 2.27. The van der Waals surface area contributed by atoms with Gasteiger partial charge in [0.25, 0.3) is 0 Å². The van der Waals surface area contributed by atoms with Crippen molar-refractivity contribution in [1.82, 2.24) is 10.2 Å². The first kappa shape index (κ1) is 13.2. The molecule has 18 heavy (non-hydrogen) atoms. The molecule has 0 radical (unpaired) electrons. The molecule has 0 unspecified atom stereocenters. The number of Topliss-reactive ketones (excluding diaryl/α,β-unsaturated/α-hetero) is 1. The van der Waals surface area contributed by atoms with Crippen molar-refractivity contribution in [3.63, 3.8) is 0 Å². The van der Waals surface area contributed by atoms with Crippen LogP contribution >= 0.6 is 0 Å². The number of nitrogens with zero attached hydrogens (tertiary/aromatic N) is 2. The molecule has 1 saturated carbocycles. The smallest absolute Gasteiger partial charge is 0.167 e. The second-order valence-corrected chi connectivity index (χ2v) is 5.52. The van der Waals surface area contributed by atoms with E-state index in [9.17, 15) is 4.79 Å². The first-order valence-electron chi connectivity index (χ1n) is 6.99. The Morgan fingerprint density at radius 3 is 2.56 bits per heavy atom. The molecule has 0 amide bonds. The Labute approximate surface area is 109 Å². The molecule has 98 valence electrons. The van der Waals surface area contributed by atoms with Gasteiger partial charge in [0, 0.05) is 11.5 Å². The Morgan fingerprint density at radius 2 is 1.94 bits per heavy atom. The third kappa shape index (κ3) is 2.77. The van der Waals surface area contributed by atoms with Crippen LogP contribution in [0.1, 0.15) is 61.3 Å². The predicted molar refractivity (Wildman–Crippen MR) is 71.6 cm³/mol. The van der Waals surface area contributed by atoms with Gasteiger partial charge in [-0.2, -0.15) is 10.2 Å². The first-order chi connectivity index (χ1) is 8.61. The van der Waals surface area contributed by atoms with E-state index in [4.69, 9.17) is 0 Å². The van der Waals surface area contributed by atoms with Crippen molar-refractivity contribution in [2.45, 2.75) is 52.9 Å². The van der Waals surface area contributed by atoms with Crippen LogP contribution in [0, 0.1) is 18.8 Å². The average molecular weight is 246 g/mol. The van der Waals surface area contributed by atoms with Crippen LogP contribution in [0.2, 0.25) is 0 Å². The summed E-state index contributed by atoms with van der Waals surface area (Å²) in [6, 6.07) is 1.91. The van der Waals surface area contributed by atoms with Crippen LogP contribution in [-0.4, -0.2) is 16.0 Å². The van der Waals surface area contributed by atoms with Crippen molar-refractivity contribution in [1.29, 1.82) is 0 Å². The van der Waals surface area contributed by atoms with Crippen molar-refractivity contribution in [2.75, 3.05) is 0 Å². The van der Waals surface area contributed by atoms with E-state index in [1.165, 1.54) is 12.8 Å². The summed E-state index contributed by atoms with van der Waals surface area (Å²) in [4.78, 5) is 12.6. The molecule has 1 aliphatic carbocycles. The summed E-state index contributed by atoms with van der Waals surface area (Å²) in [7, 11) is 0. The molecule has 0 spiro atoms. The lowest BCUT2D eigenvalue weighted by Crippen LogP contribution is -2.22. The van der Waals surface area contributed by atoms with Gasteiger partial charge in [-0.1, -0.05) is 26.7 Å². The van der Waals surface area contributed by atoms with Gasteiger partial charge < -0.3 is 0 Å². The molecule has 0 aromatic carbocycles. The van der Waals surface area contributed by atoms with E-state index >= 15 is 0 Å². The maximum absolute atomic E-state index is 12.6. The summed E-state index contributed by atoms with van der Waals surface area (Å²) in [6.45, 7) is 6.20. The Kier molecular flexibility index (Phi) is 4.10. The van der Waals surface area contributed by atoms with Crippen LogP contribution in [-0.2, 0) is 6.42 Å². The van der Waals surface area contributed by atoms with Crippen LogP contribution in [0.25, 0.3) is 0 Å². The average Bonchev–Trinajstić information content (AvgIpc) is 2.39. The molecule has 0 bridgehead atoms. The Hall–Kier alpha value is -1.25. The van der Waals surface area contributed by atoms with Gasteiger partial charge in [-0.3, -0.25) is 4.79 Å². The molecule has 1 fully saturated rings. The topological polar surface area (TPSA) is 42.9 Å². The summed E-state index contributed by atoms with van der Waals surface area (Å²) >= 11 is 0. The van der Waals surface area contributed by atoms with Crippen LogP contribution in [0.15, 0.2) is 6.07 Å². The van der Waals surface area contributed by atoms with E-state index in [0.717, 1.165) is 42.1 Å². The maximum Gasteiger partial charge on any atom is 0.167 e. The number of rotatable bonds is 3. The van der Waals surface area contributed by atoms with Gasteiger partial charge in [-0.25, -0.2) is 0 Å². The van der Waals surface area contributed by atoms with Gasteiger partial charge >= 0.3 is 0 Å². The van der Waals surface area contributed by atoms with E-state index in [-0.39, 0.29) is 11.7 Å². The van der Waals surface area contributed by atoms with Gasteiger partial charge in [0.05, 0.1) is 11.4 Å². The van der Waals surface area contributed by atoms with E-state index in [0.29, 0.717) is 0 Å². The second kappa shape index (κ2) is 5.59. The SMILES string of the molecule is CCc1nnc(C)cc1C(=O)C1CCC(C)CC1.